The maximum Gasteiger partial charge on any atom is 0.222 e. The second-order valence-electron chi connectivity index (χ2n) is 5.85. The van der Waals surface area contributed by atoms with Gasteiger partial charge in [-0.2, -0.15) is 0 Å². The van der Waals surface area contributed by atoms with Crippen molar-refractivity contribution in [3.63, 3.8) is 0 Å². The van der Waals surface area contributed by atoms with Crippen LogP contribution in [-0.4, -0.2) is 29.9 Å². The van der Waals surface area contributed by atoms with E-state index in [-0.39, 0.29) is 0 Å². The molecule has 7 heteroatoms. The topological polar surface area (TPSA) is 92.3 Å². The second-order valence-corrected chi connectivity index (χ2v) is 5.85. The molecule has 2 N–H and O–H groups in total. The van der Waals surface area contributed by atoms with Gasteiger partial charge in [-0.3, -0.25) is 4.98 Å². The lowest BCUT2D eigenvalue weighted by molar-refractivity contribution is 1.01. The van der Waals surface area contributed by atoms with Gasteiger partial charge >= 0.3 is 0 Å². The molecule has 0 aliphatic carbocycles. The fourth-order valence-electron chi connectivity index (χ4n) is 2.71. The molecule has 0 spiro atoms. The summed E-state index contributed by atoms with van der Waals surface area (Å²) in [5.41, 5.74) is 5.16. The molecule has 0 saturated heterocycles. The molecule has 0 aliphatic heterocycles. The van der Waals surface area contributed by atoms with Crippen LogP contribution in [0, 0.1) is 6.92 Å². The third-order valence-electron chi connectivity index (χ3n) is 3.95. The van der Waals surface area contributed by atoms with E-state index < -0.39 is 0 Å². The first-order valence-corrected chi connectivity index (χ1v) is 8.00. The molecule has 25 heavy (non-hydrogen) atoms. The number of nitrogens with one attached hydrogen (secondary N) is 2. The summed E-state index contributed by atoms with van der Waals surface area (Å²) in [6, 6.07) is 4.02. The average Bonchev–Trinajstić information content (AvgIpc) is 3.04. The predicted octanol–water partition coefficient (Wildman–Crippen LogP) is 2.65. The van der Waals surface area contributed by atoms with E-state index in [9.17, 15) is 0 Å². The van der Waals surface area contributed by atoms with Gasteiger partial charge in [-0.25, -0.2) is 19.9 Å². The van der Waals surface area contributed by atoms with Crippen LogP contribution in [0.1, 0.15) is 22.4 Å². The van der Waals surface area contributed by atoms with E-state index in [2.05, 4.69) is 35.2 Å². The van der Waals surface area contributed by atoms with Crippen molar-refractivity contribution in [1.82, 2.24) is 29.9 Å². The van der Waals surface area contributed by atoms with Crippen molar-refractivity contribution >= 4 is 17.0 Å². The molecule has 0 bridgehead atoms. The van der Waals surface area contributed by atoms with Gasteiger partial charge in [0.15, 0.2) is 0 Å². The SMILES string of the molecule is Cc1cc(CNc2ncc(Cc3c[nH]c4ncncc34)cn2)ccn1. The number of aryl methyl sites for hydroxylation is 1. The highest BCUT2D eigenvalue weighted by molar-refractivity contribution is 5.78. The molecule has 0 atom stereocenters. The summed E-state index contributed by atoms with van der Waals surface area (Å²) in [6.07, 6.45) is 11.5. The Balaban J connectivity index is 1.43. The van der Waals surface area contributed by atoms with Gasteiger partial charge in [0, 0.05) is 55.0 Å². The van der Waals surface area contributed by atoms with Crippen molar-refractivity contribution in [3.05, 3.63) is 71.8 Å². The number of anilines is 1. The van der Waals surface area contributed by atoms with Crippen LogP contribution in [0.25, 0.3) is 11.0 Å². The van der Waals surface area contributed by atoms with E-state index in [0.29, 0.717) is 12.5 Å². The highest BCUT2D eigenvalue weighted by Gasteiger charge is 2.06. The van der Waals surface area contributed by atoms with Crippen LogP contribution in [0.5, 0.6) is 0 Å². The van der Waals surface area contributed by atoms with Crippen LogP contribution in [0.3, 0.4) is 0 Å². The summed E-state index contributed by atoms with van der Waals surface area (Å²) < 4.78 is 0. The Kier molecular flexibility index (Phi) is 4.04. The van der Waals surface area contributed by atoms with Crippen LogP contribution in [0.4, 0.5) is 5.95 Å². The van der Waals surface area contributed by atoms with Crippen LogP contribution in [-0.2, 0) is 13.0 Å². The van der Waals surface area contributed by atoms with Crippen molar-refractivity contribution in [1.29, 1.82) is 0 Å². The first-order valence-electron chi connectivity index (χ1n) is 8.00. The lowest BCUT2D eigenvalue weighted by atomic mass is 10.1. The average molecular weight is 331 g/mol. The fourth-order valence-corrected chi connectivity index (χ4v) is 2.71. The van der Waals surface area contributed by atoms with Crippen molar-refractivity contribution in [2.24, 2.45) is 0 Å². The summed E-state index contributed by atoms with van der Waals surface area (Å²) in [4.78, 5) is 24.4. The lowest BCUT2D eigenvalue weighted by Gasteiger charge is -2.06. The zero-order valence-corrected chi connectivity index (χ0v) is 13.8. The number of nitrogens with zero attached hydrogens (tertiary/aromatic N) is 5. The highest BCUT2D eigenvalue weighted by Crippen LogP contribution is 2.18. The molecule has 124 valence electrons. The minimum Gasteiger partial charge on any atom is -0.350 e. The van der Waals surface area contributed by atoms with Crippen molar-refractivity contribution in [2.45, 2.75) is 19.9 Å². The molecule has 0 saturated carbocycles. The third-order valence-corrected chi connectivity index (χ3v) is 3.95. The fraction of sp³-hybridized carbons (Fsp3) is 0.167. The molecule has 7 nitrogen and oxygen atoms in total. The minimum absolute atomic E-state index is 0.612. The molecule has 0 amide bonds. The standard InChI is InChI=1S/C18H17N7/c1-12-4-13(2-3-20-12)6-22-18-23-7-14(8-24-18)5-15-9-21-17-16(15)10-19-11-25-17/h2-4,7-11H,5-6H2,1H3,(H,19,21,25)(H,22,23,24). The van der Waals surface area contributed by atoms with E-state index in [1.165, 1.54) is 6.33 Å². The van der Waals surface area contributed by atoms with E-state index >= 15 is 0 Å². The molecule has 4 aromatic rings. The Morgan fingerprint density at radius 3 is 2.76 bits per heavy atom. The van der Waals surface area contributed by atoms with Crippen molar-refractivity contribution < 1.29 is 0 Å². The summed E-state index contributed by atoms with van der Waals surface area (Å²) in [6.45, 7) is 2.65. The Bertz CT molecular complexity index is 992. The second kappa shape index (κ2) is 6.64. The van der Waals surface area contributed by atoms with Crippen LogP contribution < -0.4 is 5.32 Å². The Labute approximate surface area is 144 Å². The van der Waals surface area contributed by atoms with Crippen LogP contribution >= 0.6 is 0 Å². The zero-order chi connectivity index (χ0) is 17.1. The normalized spacial score (nSPS) is 10.9. The van der Waals surface area contributed by atoms with Gasteiger partial charge in [0.05, 0.1) is 0 Å². The molecular formula is C18H17N7. The number of hydrogen-bond donors (Lipinski definition) is 2. The molecule has 4 rings (SSSR count). The zero-order valence-electron chi connectivity index (χ0n) is 13.8. The van der Waals surface area contributed by atoms with Crippen molar-refractivity contribution in [3.8, 4) is 0 Å². The number of aromatic nitrogens is 6. The minimum atomic E-state index is 0.612. The number of H-pyrrole nitrogens is 1. The van der Waals surface area contributed by atoms with Gasteiger partial charge in [-0.15, -0.1) is 0 Å². The smallest absolute Gasteiger partial charge is 0.222 e. The summed E-state index contributed by atoms with van der Waals surface area (Å²) >= 11 is 0. The quantitative estimate of drug-likeness (QED) is 0.584. The molecular weight excluding hydrogens is 314 g/mol. The number of aromatic amines is 1. The Morgan fingerprint density at radius 1 is 1.04 bits per heavy atom. The van der Waals surface area contributed by atoms with Gasteiger partial charge in [0.25, 0.3) is 0 Å². The summed E-state index contributed by atoms with van der Waals surface area (Å²) in [7, 11) is 0. The van der Waals surface area contributed by atoms with Gasteiger partial charge in [-0.1, -0.05) is 0 Å². The number of hydrogen-bond acceptors (Lipinski definition) is 6. The van der Waals surface area contributed by atoms with Crippen LogP contribution in [0.15, 0.2) is 49.4 Å². The van der Waals surface area contributed by atoms with E-state index in [1.54, 1.807) is 6.20 Å². The highest BCUT2D eigenvalue weighted by atomic mass is 15.1. The first kappa shape index (κ1) is 15.2. The molecule has 0 unspecified atom stereocenters. The molecule has 0 radical (unpaired) electrons. The van der Waals surface area contributed by atoms with Gasteiger partial charge in [-0.05, 0) is 35.7 Å². The predicted molar refractivity (Wildman–Crippen MR) is 95.0 cm³/mol. The molecule has 4 heterocycles. The molecule has 0 aromatic carbocycles. The van der Waals surface area contributed by atoms with Crippen molar-refractivity contribution in [2.75, 3.05) is 5.32 Å². The monoisotopic (exact) mass is 331 g/mol. The lowest BCUT2D eigenvalue weighted by Crippen LogP contribution is -2.04. The molecule has 0 fully saturated rings. The largest absolute Gasteiger partial charge is 0.350 e. The molecule has 4 aromatic heterocycles. The van der Waals surface area contributed by atoms with Gasteiger partial charge in [0.1, 0.15) is 12.0 Å². The first-order chi connectivity index (χ1) is 12.3. The summed E-state index contributed by atoms with van der Waals surface area (Å²) in [5.74, 6) is 0.612. The Morgan fingerprint density at radius 2 is 1.92 bits per heavy atom. The van der Waals surface area contributed by atoms with E-state index in [4.69, 9.17) is 0 Å². The van der Waals surface area contributed by atoms with Gasteiger partial charge < -0.3 is 10.3 Å². The Hall–Kier alpha value is -3.35. The number of rotatable bonds is 5. The van der Waals surface area contributed by atoms with Crippen LogP contribution in [0.2, 0.25) is 0 Å². The maximum atomic E-state index is 4.40. The summed E-state index contributed by atoms with van der Waals surface area (Å²) in [5, 5.41) is 4.25. The molecule has 0 aliphatic rings. The van der Waals surface area contributed by atoms with E-state index in [1.807, 2.05) is 43.8 Å². The number of pyridine rings is 1. The number of fused-ring (bicyclic) bond motifs is 1. The van der Waals surface area contributed by atoms with E-state index in [0.717, 1.165) is 39.8 Å². The maximum absolute atomic E-state index is 4.40. The third kappa shape index (κ3) is 3.45. The van der Waals surface area contributed by atoms with Gasteiger partial charge in [0.2, 0.25) is 5.95 Å².